The van der Waals surface area contributed by atoms with Crippen LogP contribution < -0.4 is 12.4 Å². The molecule has 0 heterocycles. The van der Waals surface area contributed by atoms with Gasteiger partial charge in [0, 0.05) is 50.2 Å². The van der Waals surface area contributed by atoms with Crippen LogP contribution in [-0.4, -0.2) is 55.1 Å². The highest BCUT2D eigenvalue weighted by Crippen LogP contribution is 2.53. The van der Waals surface area contributed by atoms with Gasteiger partial charge in [0.2, 0.25) is 0 Å². The molecule has 0 aromatic rings. The minimum Gasteiger partial charge on any atom is -1.00 e. The summed E-state index contributed by atoms with van der Waals surface area (Å²) < 4.78 is 15.7. The van der Waals surface area contributed by atoms with Crippen LogP contribution >= 0.6 is 0 Å². The molecule has 73 heavy (non-hydrogen) atoms. The number of halogens is 1. The average molecular weight is 1040 g/mol. The molecule has 0 spiro atoms. The number of ether oxygens (including phenoxy) is 2. The molecule has 3 rings (SSSR count). The first-order chi connectivity index (χ1) is 35.0. The molecule has 0 saturated heterocycles. The van der Waals surface area contributed by atoms with Gasteiger partial charge in [-0.25, -0.2) is 0 Å². The van der Waals surface area contributed by atoms with Crippen LogP contribution in [0.25, 0.3) is 0 Å². The van der Waals surface area contributed by atoms with E-state index in [0.717, 1.165) is 73.1 Å². The van der Waals surface area contributed by atoms with E-state index in [1.54, 1.807) is 0 Å². The van der Waals surface area contributed by atoms with Crippen molar-refractivity contribution in [2.45, 2.75) is 338 Å². The molecule has 0 bridgehead atoms. The third-order valence-electron chi connectivity index (χ3n) is 19.4. The van der Waals surface area contributed by atoms with Gasteiger partial charge in [-0.1, -0.05) is 216 Å². The summed E-state index contributed by atoms with van der Waals surface area (Å²) in [5.74, 6) is 6.95. The molecule has 0 N–H and O–H groups in total. The molecular weight excluding hydrogens is 910 g/mol. The molecule has 0 radical (unpaired) electrons. The highest BCUT2D eigenvalue weighted by molar-refractivity contribution is 4.95. The quantitative estimate of drug-likeness (QED) is 0.0344. The summed E-state index contributed by atoms with van der Waals surface area (Å²) in [6.07, 6.45) is 60.6. The van der Waals surface area contributed by atoms with Crippen molar-refractivity contribution >= 4 is 0 Å². The summed E-state index contributed by atoms with van der Waals surface area (Å²) in [5.41, 5.74) is 0. The summed E-state index contributed by atoms with van der Waals surface area (Å²) >= 11 is 0. The van der Waals surface area contributed by atoms with Crippen molar-refractivity contribution in [3.05, 3.63) is 24.3 Å². The Bertz CT molecular complexity index is 1230. The van der Waals surface area contributed by atoms with Crippen LogP contribution in [0.5, 0.6) is 0 Å². The van der Waals surface area contributed by atoms with Gasteiger partial charge in [-0.15, -0.1) is 0 Å². The Morgan fingerprint density at radius 2 is 0.699 bits per heavy atom. The molecule has 432 valence electrons. The van der Waals surface area contributed by atoms with Crippen molar-refractivity contribution in [3.8, 4) is 0 Å². The lowest BCUT2D eigenvalue weighted by molar-refractivity contribution is -1.01. The maximum Gasteiger partial charge on any atom is 0.130 e. The van der Waals surface area contributed by atoms with Crippen molar-refractivity contribution in [2.75, 3.05) is 26.4 Å². The first kappa shape index (κ1) is 68.8. The largest absolute Gasteiger partial charge is 1.00 e. The van der Waals surface area contributed by atoms with Crippen LogP contribution in [0.4, 0.5) is 0 Å². The minimum atomic E-state index is 0. The zero-order valence-electron chi connectivity index (χ0n) is 51.4. The van der Waals surface area contributed by atoms with Gasteiger partial charge in [-0.05, 0) is 138 Å². The second-order valence-corrected chi connectivity index (χ2v) is 26.8. The predicted octanol–water partition coefficient (Wildman–Crippen LogP) is 18.7. The molecule has 3 aliphatic rings. The number of quaternary nitrogens is 1. The molecule has 10 unspecified atom stereocenters. The zero-order chi connectivity index (χ0) is 52.2. The van der Waals surface area contributed by atoms with Crippen LogP contribution in [0.3, 0.4) is 0 Å². The number of nitrogens with zero attached hydrogens (tertiary/aromatic N) is 1. The van der Waals surface area contributed by atoms with Gasteiger partial charge in [-0.2, -0.15) is 0 Å². The van der Waals surface area contributed by atoms with E-state index in [1.165, 1.54) is 249 Å². The topological polar surface area (TPSA) is 18.5 Å². The van der Waals surface area contributed by atoms with E-state index in [-0.39, 0.29) is 18.5 Å². The zero-order valence-corrected chi connectivity index (χ0v) is 52.2. The van der Waals surface area contributed by atoms with E-state index >= 15 is 0 Å². The van der Waals surface area contributed by atoms with Gasteiger partial charge in [0.05, 0.1) is 24.7 Å². The van der Waals surface area contributed by atoms with E-state index in [4.69, 9.17) is 9.47 Å². The molecule has 4 heteroatoms. The fourth-order valence-corrected chi connectivity index (χ4v) is 15.0. The molecule has 0 aromatic heterocycles. The van der Waals surface area contributed by atoms with Gasteiger partial charge in [-0.3, -0.25) is 0 Å². The van der Waals surface area contributed by atoms with Gasteiger partial charge in [0.15, 0.2) is 0 Å². The van der Waals surface area contributed by atoms with Crippen molar-refractivity contribution in [1.29, 1.82) is 0 Å². The third kappa shape index (κ3) is 27.4. The van der Waals surface area contributed by atoms with E-state index in [0.29, 0.717) is 18.1 Å². The second kappa shape index (κ2) is 42.6. The lowest BCUT2D eigenvalue weighted by atomic mass is 9.63. The first-order valence-electron chi connectivity index (χ1n) is 33.3. The molecule has 0 amide bonds. The lowest BCUT2D eigenvalue weighted by Gasteiger charge is -2.65. The highest BCUT2D eigenvalue weighted by atomic mass is 35.5. The summed E-state index contributed by atoms with van der Waals surface area (Å²) in [4.78, 5) is 0. The molecule has 0 aromatic carbocycles. The Morgan fingerprint density at radius 3 is 1.03 bits per heavy atom. The molecular formula is C69H132ClNO2. The first-order valence-corrected chi connectivity index (χ1v) is 33.3. The van der Waals surface area contributed by atoms with Gasteiger partial charge >= 0.3 is 0 Å². The molecule has 3 saturated carbocycles. The smallest absolute Gasteiger partial charge is 0.130 e. The van der Waals surface area contributed by atoms with Gasteiger partial charge in [0.1, 0.15) is 12.6 Å². The monoisotopic (exact) mass is 1040 g/mol. The predicted molar refractivity (Wildman–Crippen MR) is 320 cm³/mol. The summed E-state index contributed by atoms with van der Waals surface area (Å²) in [7, 11) is 0. The fourth-order valence-electron chi connectivity index (χ4n) is 15.0. The Morgan fingerprint density at radius 1 is 0.397 bits per heavy atom. The maximum atomic E-state index is 7.43. The molecule has 0 aliphatic heterocycles. The van der Waals surface area contributed by atoms with E-state index < -0.39 is 0 Å². The fraction of sp³-hybridized carbons (Fsp3) is 0.942. The Balaban J connectivity index is 0.0000183. The highest BCUT2D eigenvalue weighted by Gasteiger charge is 2.60. The van der Waals surface area contributed by atoms with Crippen molar-refractivity contribution < 1.29 is 26.4 Å². The number of hydrogen-bond acceptors (Lipinski definition) is 2. The number of hydrogen-bond donors (Lipinski definition) is 0. The van der Waals surface area contributed by atoms with Crippen LogP contribution in [0.2, 0.25) is 0 Å². The maximum absolute atomic E-state index is 7.43. The SMILES string of the molecule is CCCCCCCC/C=C\CCCCCCCCOCC(C[N+](C1CC(C)CCC1C(C)C)(C1CC(C)CCC1C(C)C)C1CC(C)CCC1C(C)C)OCCCCCCCC/C=C\CCCCCCCC.[Cl-]. The Hall–Kier alpha value is -0.350. The summed E-state index contributed by atoms with van der Waals surface area (Å²) in [5, 5.41) is 0. The molecule has 3 aliphatic carbocycles. The Kier molecular flexibility index (Phi) is 40.1. The molecule has 3 fully saturated rings. The number of unbranched alkanes of at least 4 members (excludes halogenated alkanes) is 24. The summed E-state index contributed by atoms with van der Waals surface area (Å²) in [6, 6.07) is 2.15. The van der Waals surface area contributed by atoms with E-state index in [1.807, 2.05) is 0 Å². The van der Waals surface area contributed by atoms with E-state index in [2.05, 4.69) is 100 Å². The molecule has 3 nitrogen and oxygen atoms in total. The standard InChI is InChI=1S/C69H132NO2.ClH/c1-12-14-16-18-20-22-24-26-28-30-32-34-36-38-40-42-50-71-56-63(72-51-43-41-39-37-35-33-31-29-27-25-23-21-19-17-15-13-2)55-70(67-52-60(9)44-47-64(67)57(3)4,68-53-61(10)45-48-65(68)58(5)6)69-54-62(11)46-49-66(69)59(7)8;/h26-29,57-69H,12-25,30-56H2,1-11H3;1H/q+1;/p-1/b28-26-,29-27-;. The van der Waals surface area contributed by atoms with Crippen LogP contribution in [0.15, 0.2) is 24.3 Å². The number of rotatable bonds is 43. The van der Waals surface area contributed by atoms with Gasteiger partial charge < -0.3 is 26.4 Å². The molecule has 10 atom stereocenters. The van der Waals surface area contributed by atoms with Crippen LogP contribution in [-0.2, 0) is 9.47 Å². The normalized spacial score (nSPS) is 26.4. The van der Waals surface area contributed by atoms with Crippen LogP contribution in [0.1, 0.15) is 314 Å². The number of allylic oxidation sites excluding steroid dienone is 4. The third-order valence-corrected chi connectivity index (χ3v) is 19.4. The van der Waals surface area contributed by atoms with Crippen molar-refractivity contribution in [2.24, 2.45) is 53.3 Å². The van der Waals surface area contributed by atoms with Crippen molar-refractivity contribution in [3.63, 3.8) is 0 Å². The van der Waals surface area contributed by atoms with E-state index in [9.17, 15) is 0 Å². The second-order valence-electron chi connectivity index (χ2n) is 26.8. The average Bonchev–Trinajstić information content (AvgIpc) is 3.35. The minimum absolute atomic E-state index is 0. The van der Waals surface area contributed by atoms with Gasteiger partial charge in [0.25, 0.3) is 0 Å². The lowest BCUT2D eigenvalue weighted by Crippen LogP contribution is -3.00. The van der Waals surface area contributed by atoms with Crippen molar-refractivity contribution in [1.82, 2.24) is 0 Å². The Labute approximate surface area is 466 Å². The summed E-state index contributed by atoms with van der Waals surface area (Å²) in [6.45, 7) is 31.9. The van der Waals surface area contributed by atoms with Crippen LogP contribution in [0, 0.1) is 53.3 Å².